The number of rotatable bonds is 5. The van der Waals surface area contributed by atoms with E-state index >= 15 is 0 Å². The molecule has 0 spiro atoms. The van der Waals surface area contributed by atoms with Crippen LogP contribution in [0.15, 0.2) is 59.1 Å². The van der Waals surface area contributed by atoms with E-state index in [-0.39, 0.29) is 22.6 Å². The van der Waals surface area contributed by atoms with E-state index in [2.05, 4.69) is 15.8 Å². The topological polar surface area (TPSA) is 84.2 Å². The van der Waals surface area contributed by atoms with Crippen molar-refractivity contribution in [3.8, 4) is 0 Å². The molecule has 154 valence electrons. The van der Waals surface area contributed by atoms with Crippen LogP contribution in [0, 0.1) is 0 Å². The van der Waals surface area contributed by atoms with Gasteiger partial charge < -0.3 is 15.2 Å². The third-order valence-electron chi connectivity index (χ3n) is 4.61. The summed E-state index contributed by atoms with van der Waals surface area (Å²) in [6, 6.07) is 12.0. The summed E-state index contributed by atoms with van der Waals surface area (Å²) in [7, 11) is 0. The molecule has 1 saturated carbocycles. The second kappa shape index (κ2) is 7.66. The van der Waals surface area contributed by atoms with Crippen molar-refractivity contribution in [2.24, 2.45) is 0 Å². The van der Waals surface area contributed by atoms with Crippen molar-refractivity contribution in [3.05, 3.63) is 77.2 Å². The molecule has 0 radical (unpaired) electrons. The molecule has 4 rings (SSSR count). The number of alkyl halides is 3. The van der Waals surface area contributed by atoms with Crippen molar-refractivity contribution in [2.45, 2.75) is 24.9 Å². The number of benzene rings is 2. The Kier molecular flexibility index (Phi) is 5.03. The number of aromatic nitrogens is 1. The number of anilines is 2. The Balaban J connectivity index is 1.51. The molecule has 30 heavy (non-hydrogen) atoms. The van der Waals surface area contributed by atoms with Gasteiger partial charge in [0.2, 0.25) is 0 Å². The molecule has 0 unspecified atom stereocenters. The molecule has 9 heteroatoms. The SMILES string of the molecule is O=C(Nc1ccccc1C(=O)Nc1cccc(C(F)(F)F)c1)c1cc(C2CC2)on1. The van der Waals surface area contributed by atoms with Crippen molar-refractivity contribution in [3.63, 3.8) is 0 Å². The van der Waals surface area contributed by atoms with Crippen LogP contribution in [0.1, 0.15) is 50.9 Å². The fourth-order valence-corrected chi connectivity index (χ4v) is 2.90. The van der Waals surface area contributed by atoms with Crippen molar-refractivity contribution >= 4 is 23.2 Å². The Bertz CT molecular complexity index is 1100. The number of carbonyl (C=O) groups excluding carboxylic acids is 2. The molecule has 1 aliphatic rings. The first-order chi connectivity index (χ1) is 14.3. The summed E-state index contributed by atoms with van der Waals surface area (Å²) in [5.41, 5.74) is -0.511. The first-order valence-electron chi connectivity index (χ1n) is 9.17. The number of para-hydroxylation sites is 1. The lowest BCUT2D eigenvalue weighted by molar-refractivity contribution is -0.137. The molecule has 6 nitrogen and oxygen atoms in total. The van der Waals surface area contributed by atoms with Crippen LogP contribution < -0.4 is 10.6 Å². The van der Waals surface area contributed by atoms with Crippen LogP contribution in [0.2, 0.25) is 0 Å². The highest BCUT2D eigenvalue weighted by Crippen LogP contribution is 2.40. The van der Waals surface area contributed by atoms with Crippen molar-refractivity contribution < 1.29 is 27.3 Å². The van der Waals surface area contributed by atoms with Crippen molar-refractivity contribution in [1.29, 1.82) is 0 Å². The first-order valence-corrected chi connectivity index (χ1v) is 9.17. The van der Waals surface area contributed by atoms with Crippen LogP contribution in [-0.4, -0.2) is 17.0 Å². The molecule has 1 aliphatic carbocycles. The number of halogens is 3. The molecule has 2 N–H and O–H groups in total. The van der Waals surface area contributed by atoms with E-state index in [0.29, 0.717) is 11.7 Å². The number of amides is 2. The zero-order valence-corrected chi connectivity index (χ0v) is 15.5. The zero-order valence-electron chi connectivity index (χ0n) is 15.5. The molecule has 2 aromatic carbocycles. The van der Waals surface area contributed by atoms with Gasteiger partial charge in [-0.15, -0.1) is 0 Å². The Hall–Kier alpha value is -3.62. The van der Waals surface area contributed by atoms with Crippen LogP contribution in [-0.2, 0) is 6.18 Å². The van der Waals surface area contributed by atoms with E-state index in [0.717, 1.165) is 25.0 Å². The average Bonchev–Trinajstić information content (AvgIpc) is 3.44. The highest BCUT2D eigenvalue weighted by Gasteiger charge is 2.31. The third kappa shape index (κ3) is 4.35. The Morgan fingerprint density at radius 1 is 0.967 bits per heavy atom. The van der Waals surface area contributed by atoms with E-state index in [1.807, 2.05) is 0 Å². The first kappa shape index (κ1) is 19.7. The Morgan fingerprint density at radius 3 is 2.47 bits per heavy atom. The van der Waals surface area contributed by atoms with Gasteiger partial charge in [0.15, 0.2) is 5.69 Å². The van der Waals surface area contributed by atoms with E-state index in [1.165, 1.54) is 24.3 Å². The monoisotopic (exact) mass is 415 g/mol. The minimum Gasteiger partial charge on any atom is -0.360 e. The number of hydrogen-bond acceptors (Lipinski definition) is 4. The number of nitrogens with one attached hydrogen (secondary N) is 2. The average molecular weight is 415 g/mol. The van der Waals surface area contributed by atoms with E-state index in [1.54, 1.807) is 18.2 Å². The summed E-state index contributed by atoms with van der Waals surface area (Å²) in [5, 5.41) is 8.78. The molecule has 2 amide bonds. The van der Waals surface area contributed by atoms with Crippen LogP contribution in [0.4, 0.5) is 24.5 Å². The van der Waals surface area contributed by atoms with Crippen molar-refractivity contribution in [2.75, 3.05) is 10.6 Å². The Morgan fingerprint density at radius 2 is 1.73 bits per heavy atom. The molecule has 0 saturated heterocycles. The zero-order chi connectivity index (χ0) is 21.3. The summed E-state index contributed by atoms with van der Waals surface area (Å²) in [5.74, 6) is -0.269. The lowest BCUT2D eigenvalue weighted by Gasteiger charge is -2.12. The van der Waals surface area contributed by atoms with Gasteiger partial charge in [-0.25, -0.2) is 0 Å². The second-order valence-corrected chi connectivity index (χ2v) is 6.92. The molecule has 1 aromatic heterocycles. The minimum atomic E-state index is -4.52. The van der Waals surface area contributed by atoms with E-state index in [9.17, 15) is 22.8 Å². The number of nitrogens with zero attached hydrogens (tertiary/aromatic N) is 1. The highest BCUT2D eigenvalue weighted by molar-refractivity contribution is 6.12. The van der Waals surface area contributed by atoms with Gasteiger partial charge in [-0.3, -0.25) is 9.59 Å². The van der Waals surface area contributed by atoms with Gasteiger partial charge >= 0.3 is 6.18 Å². The molecule has 3 aromatic rings. The van der Waals surface area contributed by atoms with Crippen LogP contribution >= 0.6 is 0 Å². The van der Waals surface area contributed by atoms with Gasteiger partial charge in [-0.1, -0.05) is 23.4 Å². The largest absolute Gasteiger partial charge is 0.416 e. The van der Waals surface area contributed by atoms with Crippen molar-refractivity contribution in [1.82, 2.24) is 5.16 Å². The number of carbonyl (C=O) groups is 2. The van der Waals surface area contributed by atoms with Gasteiger partial charge in [-0.05, 0) is 43.2 Å². The van der Waals surface area contributed by atoms with Gasteiger partial charge in [0.1, 0.15) is 5.76 Å². The van der Waals surface area contributed by atoms with Crippen LogP contribution in [0.3, 0.4) is 0 Å². The lowest BCUT2D eigenvalue weighted by atomic mass is 10.1. The van der Waals surface area contributed by atoms with Gasteiger partial charge in [0.05, 0.1) is 16.8 Å². The molecule has 1 fully saturated rings. The highest BCUT2D eigenvalue weighted by atomic mass is 19.4. The second-order valence-electron chi connectivity index (χ2n) is 6.92. The summed E-state index contributed by atoms with van der Waals surface area (Å²) in [6.45, 7) is 0. The molecule has 0 atom stereocenters. The summed E-state index contributed by atoms with van der Waals surface area (Å²) in [4.78, 5) is 25.1. The van der Waals surface area contributed by atoms with Gasteiger partial charge in [0, 0.05) is 17.7 Å². The predicted octanol–water partition coefficient (Wildman–Crippen LogP) is 5.08. The number of hydrogen-bond donors (Lipinski definition) is 2. The summed E-state index contributed by atoms with van der Waals surface area (Å²) >= 11 is 0. The predicted molar refractivity (Wildman–Crippen MR) is 102 cm³/mol. The molecular weight excluding hydrogens is 399 g/mol. The normalized spacial score (nSPS) is 13.7. The van der Waals surface area contributed by atoms with Crippen LogP contribution in [0.5, 0.6) is 0 Å². The fourth-order valence-electron chi connectivity index (χ4n) is 2.90. The standard InChI is InChI=1S/C21H16F3N3O3/c22-21(23,24)13-4-3-5-14(10-13)25-19(28)15-6-1-2-7-16(15)26-20(29)17-11-18(30-27-17)12-8-9-12/h1-7,10-12H,8-9H2,(H,25,28)(H,26,29). The van der Waals surface area contributed by atoms with Crippen LogP contribution in [0.25, 0.3) is 0 Å². The quantitative estimate of drug-likeness (QED) is 0.609. The minimum absolute atomic E-state index is 0.0125. The van der Waals surface area contributed by atoms with Gasteiger partial charge in [0.25, 0.3) is 11.8 Å². The lowest BCUT2D eigenvalue weighted by Crippen LogP contribution is -2.18. The molecule has 1 heterocycles. The van der Waals surface area contributed by atoms with Gasteiger partial charge in [-0.2, -0.15) is 13.2 Å². The van der Waals surface area contributed by atoms with E-state index in [4.69, 9.17) is 4.52 Å². The third-order valence-corrected chi connectivity index (χ3v) is 4.61. The summed E-state index contributed by atoms with van der Waals surface area (Å²) in [6.07, 6.45) is -2.53. The summed E-state index contributed by atoms with van der Waals surface area (Å²) < 4.78 is 43.8. The fraction of sp³-hybridized carbons (Fsp3) is 0.190. The van der Waals surface area contributed by atoms with E-state index < -0.39 is 23.6 Å². The smallest absolute Gasteiger partial charge is 0.360 e. The molecule has 0 bridgehead atoms. The maximum atomic E-state index is 12.9. The maximum absolute atomic E-state index is 12.9. The molecular formula is C21H16F3N3O3. The Labute approximate surface area is 169 Å². The molecule has 0 aliphatic heterocycles. The maximum Gasteiger partial charge on any atom is 0.416 e.